The Morgan fingerprint density at radius 3 is 0.912 bits per heavy atom. The lowest BCUT2D eigenvalue weighted by Crippen LogP contribution is -2.10. The van der Waals surface area contributed by atoms with Gasteiger partial charge in [-0.05, 0) is 91.0 Å². The molecule has 0 aliphatic carbocycles. The second kappa shape index (κ2) is 11.2. The molecule has 0 radical (unpaired) electrons. The molecular weight excluding hydrogens is 422 g/mol. The molecule has 3 N–H and O–H groups in total. The number of aliphatic hydroxyl groups excluding tert-OH is 3. The van der Waals surface area contributed by atoms with E-state index in [1.807, 2.05) is 77.7 Å². The quantitative estimate of drug-likeness (QED) is 0.227. The monoisotopic (exact) mass is 449 g/mol. The highest BCUT2D eigenvalue weighted by atomic mass is 16.3. The van der Waals surface area contributed by atoms with Gasteiger partial charge in [0.05, 0.1) is 0 Å². The molecule has 0 bridgehead atoms. The minimum absolute atomic E-state index is 0.135. The van der Waals surface area contributed by atoms with Crippen LogP contribution < -0.4 is 4.90 Å². The molecule has 0 heterocycles. The van der Waals surface area contributed by atoms with E-state index in [0.29, 0.717) is 16.7 Å². The van der Waals surface area contributed by atoms with Gasteiger partial charge in [0.1, 0.15) is 17.3 Å². The molecule has 0 fully saturated rings. The first kappa shape index (κ1) is 24.0. The van der Waals surface area contributed by atoms with Gasteiger partial charge in [-0.2, -0.15) is 0 Å². The van der Waals surface area contributed by atoms with Gasteiger partial charge in [0.2, 0.25) is 0 Å². The first-order valence-electron chi connectivity index (χ1n) is 10.6. The minimum Gasteiger partial charge on any atom is -0.507 e. The highest BCUT2D eigenvalue weighted by molar-refractivity contribution is 5.79. The van der Waals surface area contributed by atoms with E-state index >= 15 is 0 Å². The van der Waals surface area contributed by atoms with Crippen molar-refractivity contribution in [3.8, 4) is 0 Å². The maximum Gasteiger partial charge on any atom is 0.122 e. The highest BCUT2D eigenvalue weighted by Crippen LogP contribution is 2.36. The third-order valence-corrected chi connectivity index (χ3v) is 5.09. The number of benzene rings is 3. The van der Waals surface area contributed by atoms with Gasteiger partial charge in [-0.25, -0.2) is 0 Å². The summed E-state index contributed by atoms with van der Waals surface area (Å²) >= 11 is 0. The summed E-state index contributed by atoms with van der Waals surface area (Å²) < 4.78 is 0. The van der Waals surface area contributed by atoms with Gasteiger partial charge in [-0.15, -0.1) is 0 Å². The van der Waals surface area contributed by atoms with Crippen molar-refractivity contribution in [3.05, 3.63) is 146 Å². The lowest BCUT2D eigenvalue weighted by Gasteiger charge is -2.26. The lowest BCUT2D eigenvalue weighted by molar-refractivity contribution is 0.511. The first-order valence-corrected chi connectivity index (χ1v) is 10.6. The van der Waals surface area contributed by atoms with Crippen LogP contribution in [0.15, 0.2) is 129 Å². The Balaban J connectivity index is 2.07. The van der Waals surface area contributed by atoms with Gasteiger partial charge in [0.25, 0.3) is 0 Å². The van der Waals surface area contributed by atoms with Gasteiger partial charge >= 0.3 is 0 Å². The average Bonchev–Trinajstić information content (AvgIpc) is 2.86. The van der Waals surface area contributed by atoms with E-state index in [9.17, 15) is 15.3 Å². The standard InChI is InChI=1S/C30H27NO3/c1-4-7-28(32)22-10-16-25(17-11-22)31(26-18-12-23(13-19-26)29(33)8-5-2)27-20-14-24(15-21-27)30(34)9-6-3/h4-21,32-34H,1-3H2/b28-7-,29-8-,30-9-. The predicted octanol–water partition coefficient (Wildman–Crippen LogP) is 8.41. The van der Waals surface area contributed by atoms with Crippen LogP contribution in [0.3, 0.4) is 0 Å². The number of hydrogen-bond acceptors (Lipinski definition) is 4. The molecule has 34 heavy (non-hydrogen) atoms. The van der Waals surface area contributed by atoms with Crippen LogP contribution in [-0.4, -0.2) is 15.3 Å². The van der Waals surface area contributed by atoms with E-state index in [-0.39, 0.29) is 17.3 Å². The van der Waals surface area contributed by atoms with E-state index in [0.717, 1.165) is 17.1 Å². The molecule has 0 saturated heterocycles. The Morgan fingerprint density at radius 2 is 0.706 bits per heavy atom. The molecule has 3 aromatic carbocycles. The van der Waals surface area contributed by atoms with Gasteiger partial charge in [0.15, 0.2) is 0 Å². The van der Waals surface area contributed by atoms with Crippen LogP contribution in [0.1, 0.15) is 16.7 Å². The molecule has 0 aliphatic rings. The second-order valence-corrected chi connectivity index (χ2v) is 7.34. The molecule has 0 saturated carbocycles. The fraction of sp³-hybridized carbons (Fsp3) is 0. The maximum atomic E-state index is 10.1. The Kier molecular flexibility index (Phi) is 7.93. The molecule has 0 unspecified atom stereocenters. The highest BCUT2D eigenvalue weighted by Gasteiger charge is 2.14. The van der Waals surface area contributed by atoms with Gasteiger partial charge in [-0.3, -0.25) is 0 Å². The first-order chi connectivity index (χ1) is 16.5. The van der Waals surface area contributed by atoms with E-state index in [4.69, 9.17) is 0 Å². The molecule has 3 aromatic rings. The van der Waals surface area contributed by atoms with Crippen LogP contribution in [0.4, 0.5) is 17.1 Å². The van der Waals surface area contributed by atoms with Crippen molar-refractivity contribution in [2.75, 3.05) is 4.90 Å². The summed E-state index contributed by atoms with van der Waals surface area (Å²) in [5, 5.41) is 30.4. The molecule has 170 valence electrons. The Labute approximate surface area is 200 Å². The van der Waals surface area contributed by atoms with Crippen LogP contribution in [0.2, 0.25) is 0 Å². The number of hydrogen-bond donors (Lipinski definition) is 3. The Bertz CT molecular complexity index is 1090. The normalized spacial score (nSPS) is 12.2. The summed E-state index contributed by atoms with van der Waals surface area (Å²) in [4.78, 5) is 2.04. The largest absolute Gasteiger partial charge is 0.507 e. The molecule has 0 atom stereocenters. The van der Waals surface area contributed by atoms with E-state index in [1.54, 1.807) is 0 Å². The summed E-state index contributed by atoms with van der Waals surface area (Å²) in [6.07, 6.45) is 9.21. The van der Waals surface area contributed by atoms with E-state index in [2.05, 4.69) is 19.7 Å². The number of anilines is 3. The van der Waals surface area contributed by atoms with Crippen LogP contribution in [-0.2, 0) is 0 Å². The summed E-state index contributed by atoms with van der Waals surface area (Å²) in [6, 6.07) is 22.5. The average molecular weight is 450 g/mol. The Hall–Kier alpha value is -4.70. The SMILES string of the molecule is C=C/C=C(\O)c1ccc(N(c2ccc(/C(O)=C/C=C)cc2)c2ccc(/C(O)=C/C=C)cc2)cc1. The zero-order valence-corrected chi connectivity index (χ0v) is 18.8. The molecule has 0 aromatic heterocycles. The van der Waals surface area contributed by atoms with Crippen LogP contribution in [0.5, 0.6) is 0 Å². The number of allylic oxidation sites excluding steroid dienone is 6. The predicted molar refractivity (Wildman–Crippen MR) is 144 cm³/mol. The van der Waals surface area contributed by atoms with Crippen LogP contribution in [0, 0.1) is 0 Å². The molecule has 3 rings (SSSR count). The fourth-order valence-electron chi connectivity index (χ4n) is 3.41. The molecule has 4 heteroatoms. The third kappa shape index (κ3) is 5.56. The van der Waals surface area contributed by atoms with Crippen molar-refractivity contribution in [1.82, 2.24) is 0 Å². The van der Waals surface area contributed by atoms with Crippen molar-refractivity contribution in [1.29, 1.82) is 0 Å². The van der Waals surface area contributed by atoms with E-state index in [1.165, 1.54) is 36.5 Å². The molecule has 0 spiro atoms. The number of rotatable bonds is 9. The van der Waals surface area contributed by atoms with Gasteiger partial charge in [-0.1, -0.05) is 38.0 Å². The second-order valence-electron chi connectivity index (χ2n) is 7.34. The van der Waals surface area contributed by atoms with Crippen molar-refractivity contribution in [2.24, 2.45) is 0 Å². The summed E-state index contributed by atoms with van der Waals surface area (Å²) in [5.41, 5.74) is 4.63. The van der Waals surface area contributed by atoms with Crippen molar-refractivity contribution in [2.45, 2.75) is 0 Å². The lowest BCUT2D eigenvalue weighted by atomic mass is 10.1. The molecule has 0 aliphatic heterocycles. The number of aliphatic hydroxyl groups is 3. The Morgan fingerprint density at radius 1 is 0.471 bits per heavy atom. The summed E-state index contributed by atoms with van der Waals surface area (Å²) in [5.74, 6) is 0.405. The van der Waals surface area contributed by atoms with Crippen molar-refractivity contribution < 1.29 is 15.3 Å². The smallest absolute Gasteiger partial charge is 0.122 e. The molecule has 4 nitrogen and oxygen atoms in total. The number of nitrogens with zero attached hydrogens (tertiary/aromatic N) is 1. The zero-order valence-electron chi connectivity index (χ0n) is 18.8. The summed E-state index contributed by atoms with van der Waals surface area (Å²) in [7, 11) is 0. The minimum atomic E-state index is 0.135. The fourth-order valence-corrected chi connectivity index (χ4v) is 3.41. The molecule has 0 amide bonds. The van der Waals surface area contributed by atoms with Crippen LogP contribution >= 0.6 is 0 Å². The van der Waals surface area contributed by atoms with Crippen molar-refractivity contribution in [3.63, 3.8) is 0 Å². The van der Waals surface area contributed by atoms with Gasteiger partial charge < -0.3 is 20.2 Å². The summed E-state index contributed by atoms with van der Waals surface area (Å²) in [6.45, 7) is 10.8. The zero-order chi connectivity index (χ0) is 24.5. The van der Waals surface area contributed by atoms with E-state index < -0.39 is 0 Å². The third-order valence-electron chi connectivity index (χ3n) is 5.09. The van der Waals surface area contributed by atoms with Gasteiger partial charge in [0, 0.05) is 33.8 Å². The molecular formula is C30H27NO3. The maximum absolute atomic E-state index is 10.1. The van der Waals surface area contributed by atoms with Crippen LogP contribution in [0.25, 0.3) is 17.3 Å². The van der Waals surface area contributed by atoms with Crippen molar-refractivity contribution >= 4 is 34.3 Å². The topological polar surface area (TPSA) is 63.9 Å².